The molecule has 3 aromatic rings. The number of anilines is 2. The topological polar surface area (TPSA) is 93.1 Å². The summed E-state index contributed by atoms with van der Waals surface area (Å²) in [4.78, 5) is 40.9. The molecule has 29 heavy (non-hydrogen) atoms. The third-order valence-electron chi connectivity index (χ3n) is 4.51. The molecule has 2 N–H and O–H groups in total. The molecular weight excluding hydrogens is 388 g/mol. The van der Waals surface area contributed by atoms with Crippen LogP contribution in [-0.4, -0.2) is 27.1 Å². The van der Waals surface area contributed by atoms with Crippen molar-refractivity contribution in [1.29, 1.82) is 0 Å². The summed E-state index contributed by atoms with van der Waals surface area (Å²) in [6, 6.07) is 14.3. The molecule has 1 aliphatic rings. The Morgan fingerprint density at radius 3 is 2.38 bits per heavy atom. The largest absolute Gasteiger partial charge is 0.326 e. The lowest BCUT2D eigenvalue weighted by atomic mass is 10.2. The minimum atomic E-state index is -0.188. The minimum absolute atomic E-state index is 0.0467. The zero-order valence-corrected chi connectivity index (χ0v) is 16.7. The van der Waals surface area contributed by atoms with Crippen LogP contribution in [0.4, 0.5) is 11.4 Å². The molecule has 0 radical (unpaired) electrons. The number of nitrogens with zero attached hydrogens (tertiary/aromatic N) is 2. The maximum absolute atomic E-state index is 12.9. The number of fused-ring (bicyclic) bond motifs is 1. The van der Waals surface area contributed by atoms with Crippen molar-refractivity contribution in [2.45, 2.75) is 31.0 Å². The van der Waals surface area contributed by atoms with Crippen molar-refractivity contribution < 1.29 is 9.59 Å². The van der Waals surface area contributed by atoms with Crippen molar-refractivity contribution in [3.8, 4) is 0 Å². The smallest absolute Gasteiger partial charge is 0.262 e. The molecule has 0 aliphatic heterocycles. The number of carbonyl (C=O) groups is 2. The fourth-order valence-electron chi connectivity index (χ4n) is 3.05. The maximum Gasteiger partial charge on any atom is 0.262 e. The van der Waals surface area contributed by atoms with E-state index >= 15 is 0 Å². The third kappa shape index (κ3) is 4.48. The number of amides is 2. The van der Waals surface area contributed by atoms with Gasteiger partial charge >= 0.3 is 0 Å². The van der Waals surface area contributed by atoms with Crippen molar-refractivity contribution in [1.82, 2.24) is 9.55 Å². The van der Waals surface area contributed by atoms with Crippen molar-refractivity contribution in [2.24, 2.45) is 0 Å². The van der Waals surface area contributed by atoms with Crippen LogP contribution < -0.4 is 16.2 Å². The van der Waals surface area contributed by atoms with Crippen LogP contribution in [0.3, 0.4) is 0 Å². The molecule has 0 bridgehead atoms. The Bertz CT molecular complexity index is 1140. The summed E-state index contributed by atoms with van der Waals surface area (Å²) < 4.78 is 1.72. The quantitative estimate of drug-likeness (QED) is 0.482. The molecule has 0 unspecified atom stereocenters. The van der Waals surface area contributed by atoms with Crippen LogP contribution in [0.5, 0.6) is 0 Å². The number of thioether (sulfide) groups is 1. The van der Waals surface area contributed by atoms with Gasteiger partial charge in [-0.05, 0) is 49.2 Å². The van der Waals surface area contributed by atoms with Gasteiger partial charge < -0.3 is 10.6 Å². The highest BCUT2D eigenvalue weighted by molar-refractivity contribution is 7.99. The SMILES string of the molecule is CC(=O)Nc1ccc(NC(=O)CSc2nc3ccccc3c(=O)n2C2CC2)cc1. The maximum atomic E-state index is 12.9. The van der Waals surface area contributed by atoms with Gasteiger partial charge in [0.15, 0.2) is 5.16 Å². The summed E-state index contributed by atoms with van der Waals surface area (Å²) in [5.74, 6) is -0.194. The van der Waals surface area contributed by atoms with Crippen LogP contribution in [0.2, 0.25) is 0 Å². The van der Waals surface area contributed by atoms with E-state index in [2.05, 4.69) is 15.6 Å². The summed E-state index contributed by atoms with van der Waals surface area (Å²) in [6.45, 7) is 1.44. The Balaban J connectivity index is 1.46. The zero-order chi connectivity index (χ0) is 20.4. The number of hydrogen-bond donors (Lipinski definition) is 2. The van der Waals surface area contributed by atoms with Crippen LogP contribution in [0.15, 0.2) is 58.5 Å². The highest BCUT2D eigenvalue weighted by Gasteiger charge is 2.28. The average Bonchev–Trinajstić information content (AvgIpc) is 3.52. The zero-order valence-electron chi connectivity index (χ0n) is 15.8. The predicted molar refractivity (Wildman–Crippen MR) is 114 cm³/mol. The number of rotatable bonds is 6. The highest BCUT2D eigenvalue weighted by atomic mass is 32.2. The van der Waals surface area contributed by atoms with Crippen LogP contribution in [-0.2, 0) is 9.59 Å². The lowest BCUT2D eigenvalue weighted by molar-refractivity contribution is -0.114. The van der Waals surface area contributed by atoms with E-state index in [9.17, 15) is 14.4 Å². The standard InChI is InChI=1S/C21H20N4O3S/c1-13(26)22-14-6-8-15(9-7-14)23-19(27)12-29-21-24-18-5-3-2-4-17(18)20(28)25(21)16-10-11-16/h2-9,16H,10-12H2,1H3,(H,22,26)(H,23,27). The van der Waals surface area contributed by atoms with Gasteiger partial charge in [0.05, 0.1) is 16.7 Å². The molecule has 2 amide bonds. The van der Waals surface area contributed by atoms with Crippen LogP contribution in [0.1, 0.15) is 25.8 Å². The Morgan fingerprint density at radius 2 is 1.72 bits per heavy atom. The molecule has 2 aromatic carbocycles. The molecule has 1 saturated carbocycles. The molecule has 0 spiro atoms. The first-order valence-corrected chi connectivity index (χ1v) is 10.3. The number of aromatic nitrogens is 2. The third-order valence-corrected chi connectivity index (χ3v) is 5.46. The van der Waals surface area contributed by atoms with E-state index in [0.29, 0.717) is 27.4 Å². The normalized spacial score (nSPS) is 13.3. The van der Waals surface area contributed by atoms with Crippen molar-refractivity contribution in [3.05, 3.63) is 58.9 Å². The van der Waals surface area contributed by atoms with Crippen molar-refractivity contribution in [2.75, 3.05) is 16.4 Å². The molecule has 1 heterocycles. The summed E-state index contributed by atoms with van der Waals surface area (Å²) in [5.41, 5.74) is 1.90. The number of para-hydroxylation sites is 1. The van der Waals surface area contributed by atoms with E-state index in [0.717, 1.165) is 12.8 Å². The second-order valence-electron chi connectivity index (χ2n) is 6.91. The van der Waals surface area contributed by atoms with E-state index in [4.69, 9.17) is 0 Å². The Labute approximate surface area is 171 Å². The molecule has 1 fully saturated rings. The van der Waals surface area contributed by atoms with Crippen molar-refractivity contribution >= 4 is 45.9 Å². The number of nitrogens with one attached hydrogen (secondary N) is 2. The molecule has 0 atom stereocenters. The predicted octanol–water partition coefficient (Wildman–Crippen LogP) is 3.42. The fraction of sp³-hybridized carbons (Fsp3) is 0.238. The number of benzene rings is 2. The van der Waals surface area contributed by atoms with E-state index in [1.807, 2.05) is 18.2 Å². The van der Waals surface area contributed by atoms with Gasteiger partial charge in [-0.25, -0.2) is 4.98 Å². The molecular formula is C21H20N4O3S. The number of carbonyl (C=O) groups excluding carboxylic acids is 2. The molecule has 1 aliphatic carbocycles. The molecule has 7 nitrogen and oxygen atoms in total. The van der Waals surface area contributed by atoms with Gasteiger partial charge in [0.2, 0.25) is 11.8 Å². The van der Waals surface area contributed by atoms with Gasteiger partial charge in [0, 0.05) is 24.3 Å². The first-order valence-electron chi connectivity index (χ1n) is 9.33. The monoisotopic (exact) mass is 408 g/mol. The van der Waals surface area contributed by atoms with Gasteiger partial charge in [-0.15, -0.1) is 0 Å². The van der Waals surface area contributed by atoms with E-state index in [-0.39, 0.29) is 29.2 Å². The molecule has 0 saturated heterocycles. The molecule has 8 heteroatoms. The van der Waals surface area contributed by atoms with Crippen LogP contribution >= 0.6 is 11.8 Å². The van der Waals surface area contributed by atoms with E-state index in [1.54, 1.807) is 34.9 Å². The Morgan fingerprint density at radius 1 is 1.07 bits per heavy atom. The lowest BCUT2D eigenvalue weighted by Gasteiger charge is -2.12. The first-order chi connectivity index (χ1) is 14.0. The molecule has 1 aromatic heterocycles. The van der Waals surface area contributed by atoms with Gasteiger partial charge in [0.1, 0.15) is 0 Å². The minimum Gasteiger partial charge on any atom is -0.326 e. The van der Waals surface area contributed by atoms with Gasteiger partial charge in [-0.1, -0.05) is 23.9 Å². The number of hydrogen-bond acceptors (Lipinski definition) is 5. The van der Waals surface area contributed by atoms with Crippen LogP contribution in [0, 0.1) is 0 Å². The fourth-order valence-corrected chi connectivity index (χ4v) is 3.92. The second-order valence-corrected chi connectivity index (χ2v) is 7.86. The van der Waals surface area contributed by atoms with Gasteiger partial charge in [-0.2, -0.15) is 0 Å². The second kappa shape index (κ2) is 8.08. The average molecular weight is 408 g/mol. The summed E-state index contributed by atoms with van der Waals surface area (Å²) in [5, 5.41) is 6.68. The Hall–Kier alpha value is -3.13. The molecule has 148 valence electrons. The lowest BCUT2D eigenvalue weighted by Crippen LogP contribution is -2.23. The summed E-state index contributed by atoms with van der Waals surface area (Å²) in [6.07, 6.45) is 1.92. The molecule has 4 rings (SSSR count). The van der Waals surface area contributed by atoms with Gasteiger partial charge in [-0.3, -0.25) is 19.0 Å². The van der Waals surface area contributed by atoms with E-state index in [1.165, 1.54) is 18.7 Å². The van der Waals surface area contributed by atoms with Gasteiger partial charge in [0.25, 0.3) is 5.56 Å². The summed E-state index contributed by atoms with van der Waals surface area (Å²) in [7, 11) is 0. The van der Waals surface area contributed by atoms with Crippen LogP contribution in [0.25, 0.3) is 10.9 Å². The first kappa shape index (κ1) is 19.2. The highest BCUT2D eigenvalue weighted by Crippen LogP contribution is 2.36. The Kier molecular flexibility index (Phi) is 5.35. The van der Waals surface area contributed by atoms with E-state index < -0.39 is 0 Å². The van der Waals surface area contributed by atoms with Crippen molar-refractivity contribution in [3.63, 3.8) is 0 Å². The summed E-state index contributed by atoms with van der Waals surface area (Å²) >= 11 is 1.27.